The van der Waals surface area contributed by atoms with Gasteiger partial charge in [0.05, 0.1) is 6.10 Å². The topological polar surface area (TPSA) is 32.3 Å². The molecule has 1 rings (SSSR count). The Balaban J connectivity index is -0.000000144. The molecule has 0 aromatic carbocycles. The zero-order chi connectivity index (χ0) is 11.1. The van der Waals surface area contributed by atoms with Gasteiger partial charge in [-0.3, -0.25) is 0 Å². The summed E-state index contributed by atoms with van der Waals surface area (Å²) in [6.07, 6.45) is 1.83. The molecule has 0 aliphatic carbocycles. The van der Waals surface area contributed by atoms with Gasteiger partial charge in [0.25, 0.3) is 0 Å². The fourth-order valence-corrected chi connectivity index (χ4v) is 0.807. The van der Waals surface area contributed by atoms with Gasteiger partial charge in [-0.05, 0) is 25.9 Å². The minimum absolute atomic E-state index is 0.0266. The first kappa shape index (κ1) is 18.7. The van der Waals surface area contributed by atoms with Crippen molar-refractivity contribution in [3.8, 4) is 0 Å². The Morgan fingerprint density at radius 1 is 0.846 bits per heavy atom. The van der Waals surface area contributed by atoms with E-state index >= 15 is 0 Å². The van der Waals surface area contributed by atoms with Crippen LogP contribution in [0.2, 0.25) is 0 Å². The number of hydrogen-bond acceptors (Lipinski definition) is 2. The second kappa shape index (κ2) is 22.7. The van der Waals surface area contributed by atoms with Gasteiger partial charge in [-0.25, -0.2) is 0 Å². The van der Waals surface area contributed by atoms with Gasteiger partial charge in [0.15, 0.2) is 0 Å². The maximum Gasteiger partial charge on any atom is 0.0564 e. The Morgan fingerprint density at radius 3 is 1.31 bits per heavy atom. The van der Waals surface area contributed by atoms with Gasteiger partial charge in [0.2, 0.25) is 0 Å². The lowest BCUT2D eigenvalue weighted by atomic mass is 10.1. The minimum Gasteiger partial charge on any atom is -0.393 e. The Labute approximate surface area is 84.7 Å². The van der Waals surface area contributed by atoms with Crippen molar-refractivity contribution in [2.24, 2.45) is 0 Å². The fourth-order valence-electron chi connectivity index (χ4n) is 0.807. The predicted molar refractivity (Wildman–Crippen MR) is 62.2 cm³/mol. The smallest absolute Gasteiger partial charge is 0.0564 e. The lowest BCUT2D eigenvalue weighted by Gasteiger charge is -2.16. The molecule has 84 valence electrons. The molecule has 0 aromatic heterocycles. The van der Waals surface area contributed by atoms with Crippen LogP contribution in [0.25, 0.3) is 0 Å². The highest BCUT2D eigenvalue weighted by Crippen LogP contribution is 1.99. The molecule has 0 unspecified atom stereocenters. The van der Waals surface area contributed by atoms with Gasteiger partial charge in [0, 0.05) is 0 Å². The van der Waals surface area contributed by atoms with Crippen molar-refractivity contribution in [1.29, 1.82) is 0 Å². The summed E-state index contributed by atoms with van der Waals surface area (Å²) >= 11 is 0. The molecule has 1 aliphatic heterocycles. The van der Waals surface area contributed by atoms with E-state index in [2.05, 4.69) is 5.32 Å². The minimum atomic E-state index is -0.0266. The number of hydrogen-bond donors (Lipinski definition) is 2. The third kappa shape index (κ3) is 18.7. The van der Waals surface area contributed by atoms with Crippen molar-refractivity contribution in [2.75, 3.05) is 13.1 Å². The van der Waals surface area contributed by atoms with Gasteiger partial charge < -0.3 is 10.4 Å². The number of nitrogens with one attached hydrogen (secondary N) is 1. The van der Waals surface area contributed by atoms with Crippen LogP contribution < -0.4 is 5.32 Å². The summed E-state index contributed by atoms with van der Waals surface area (Å²) in [6, 6.07) is 0. The second-order valence-electron chi connectivity index (χ2n) is 1.98. The number of piperidine rings is 1. The number of aliphatic hydroxyl groups is 1. The Hall–Kier alpha value is -0.0800. The zero-order valence-corrected chi connectivity index (χ0v) is 10.4. The Bertz CT molecular complexity index is 52.1. The van der Waals surface area contributed by atoms with Gasteiger partial charge in [0.1, 0.15) is 0 Å². The molecule has 1 saturated heterocycles. The van der Waals surface area contributed by atoms with E-state index in [1.165, 1.54) is 0 Å². The van der Waals surface area contributed by atoms with Crippen molar-refractivity contribution in [2.45, 2.75) is 60.5 Å². The molecule has 0 atom stereocenters. The summed E-state index contributed by atoms with van der Waals surface area (Å²) < 4.78 is 0. The van der Waals surface area contributed by atoms with E-state index in [9.17, 15) is 0 Å². The van der Waals surface area contributed by atoms with Crippen molar-refractivity contribution in [3.05, 3.63) is 0 Å². The molecule has 0 spiro atoms. The molecular formula is C11H29NO. The van der Waals surface area contributed by atoms with Crippen molar-refractivity contribution in [1.82, 2.24) is 5.32 Å². The molecule has 1 fully saturated rings. The molecule has 2 nitrogen and oxygen atoms in total. The monoisotopic (exact) mass is 191 g/mol. The summed E-state index contributed by atoms with van der Waals surface area (Å²) in [6.45, 7) is 14.0. The second-order valence-corrected chi connectivity index (χ2v) is 1.98. The van der Waals surface area contributed by atoms with E-state index in [0.29, 0.717) is 0 Å². The lowest BCUT2D eigenvalue weighted by molar-refractivity contribution is 0.137. The van der Waals surface area contributed by atoms with Crippen LogP contribution in [0.4, 0.5) is 0 Å². The van der Waals surface area contributed by atoms with Crippen LogP contribution in [0.15, 0.2) is 0 Å². The molecule has 1 heterocycles. The molecule has 0 aromatic rings. The SMILES string of the molecule is CC.CC.CC.OC1CCNCC1. The summed E-state index contributed by atoms with van der Waals surface area (Å²) in [5.74, 6) is 0. The van der Waals surface area contributed by atoms with Gasteiger partial charge in [-0.15, -0.1) is 0 Å². The maximum absolute atomic E-state index is 8.87. The highest BCUT2D eigenvalue weighted by molar-refractivity contribution is 4.65. The van der Waals surface area contributed by atoms with E-state index in [1.54, 1.807) is 0 Å². The van der Waals surface area contributed by atoms with Crippen molar-refractivity contribution >= 4 is 0 Å². The van der Waals surface area contributed by atoms with Crippen LogP contribution in [-0.4, -0.2) is 24.3 Å². The molecule has 0 bridgehead atoms. The molecule has 2 N–H and O–H groups in total. The predicted octanol–water partition coefficient (Wildman–Crippen LogP) is 2.81. The van der Waals surface area contributed by atoms with Crippen LogP contribution in [0.3, 0.4) is 0 Å². The van der Waals surface area contributed by atoms with Gasteiger partial charge in [-0.1, -0.05) is 41.5 Å². The first-order chi connectivity index (χ1) is 6.39. The molecule has 0 amide bonds. The van der Waals surface area contributed by atoms with E-state index in [0.717, 1.165) is 25.9 Å². The summed E-state index contributed by atoms with van der Waals surface area (Å²) in [4.78, 5) is 0. The van der Waals surface area contributed by atoms with Crippen LogP contribution >= 0.6 is 0 Å². The molecule has 1 aliphatic rings. The summed E-state index contributed by atoms with van der Waals surface area (Å²) in [7, 11) is 0. The highest BCUT2D eigenvalue weighted by Gasteiger charge is 2.06. The van der Waals surface area contributed by atoms with Crippen LogP contribution in [-0.2, 0) is 0 Å². The summed E-state index contributed by atoms with van der Waals surface area (Å²) in [5.41, 5.74) is 0. The lowest BCUT2D eigenvalue weighted by Crippen LogP contribution is -2.30. The van der Waals surface area contributed by atoms with Gasteiger partial charge in [-0.2, -0.15) is 0 Å². The Morgan fingerprint density at radius 2 is 1.15 bits per heavy atom. The average Bonchev–Trinajstić information content (AvgIpc) is 2.28. The van der Waals surface area contributed by atoms with E-state index in [4.69, 9.17) is 5.11 Å². The maximum atomic E-state index is 8.87. The largest absolute Gasteiger partial charge is 0.393 e. The first-order valence-corrected chi connectivity index (χ1v) is 5.78. The number of aliphatic hydroxyl groups excluding tert-OH is 1. The standard InChI is InChI=1S/C5H11NO.3C2H6/c7-5-1-3-6-4-2-5;3*1-2/h5-7H,1-4H2;3*1-2H3. The quantitative estimate of drug-likeness (QED) is 0.617. The third-order valence-electron chi connectivity index (χ3n) is 1.31. The normalized spacial score (nSPS) is 15.0. The average molecular weight is 191 g/mol. The Kier molecular flexibility index (Phi) is 32.5. The van der Waals surface area contributed by atoms with Crippen molar-refractivity contribution < 1.29 is 5.11 Å². The zero-order valence-electron chi connectivity index (χ0n) is 10.4. The fraction of sp³-hybridized carbons (Fsp3) is 1.00. The van der Waals surface area contributed by atoms with Crippen LogP contribution in [0.1, 0.15) is 54.4 Å². The van der Waals surface area contributed by atoms with E-state index < -0.39 is 0 Å². The molecule has 0 radical (unpaired) electrons. The van der Waals surface area contributed by atoms with Crippen molar-refractivity contribution in [3.63, 3.8) is 0 Å². The van der Waals surface area contributed by atoms with E-state index in [1.807, 2.05) is 41.5 Å². The molecule has 2 heteroatoms. The van der Waals surface area contributed by atoms with Crippen LogP contribution in [0.5, 0.6) is 0 Å². The van der Waals surface area contributed by atoms with Crippen LogP contribution in [0, 0.1) is 0 Å². The van der Waals surface area contributed by atoms with Gasteiger partial charge >= 0.3 is 0 Å². The highest BCUT2D eigenvalue weighted by atomic mass is 16.3. The number of rotatable bonds is 0. The molecule has 13 heavy (non-hydrogen) atoms. The molecular weight excluding hydrogens is 162 g/mol. The summed E-state index contributed by atoms with van der Waals surface area (Å²) in [5, 5.41) is 12.0. The third-order valence-corrected chi connectivity index (χ3v) is 1.31. The van der Waals surface area contributed by atoms with E-state index in [-0.39, 0.29) is 6.10 Å². The first-order valence-electron chi connectivity index (χ1n) is 5.78. The molecule has 0 saturated carbocycles.